The molecular weight excluding hydrogens is 256 g/mol. The Morgan fingerprint density at radius 1 is 1.40 bits per heavy atom. The van der Waals surface area contributed by atoms with Crippen molar-refractivity contribution in [2.75, 3.05) is 0 Å². The fraction of sp³-hybridized carbons (Fsp3) is 0.214. The minimum atomic E-state index is -0.171. The van der Waals surface area contributed by atoms with Crippen LogP contribution in [-0.2, 0) is 6.54 Å². The predicted octanol–water partition coefficient (Wildman–Crippen LogP) is 2.10. The van der Waals surface area contributed by atoms with Crippen LogP contribution in [0.2, 0.25) is 0 Å². The van der Waals surface area contributed by atoms with E-state index in [1.54, 1.807) is 18.3 Å². The van der Waals surface area contributed by atoms with Crippen LogP contribution in [0.15, 0.2) is 28.8 Å². The van der Waals surface area contributed by atoms with Gasteiger partial charge in [0.15, 0.2) is 0 Å². The van der Waals surface area contributed by atoms with E-state index in [1.807, 2.05) is 19.9 Å². The summed E-state index contributed by atoms with van der Waals surface area (Å²) in [6.07, 6.45) is 1.72. The molecule has 20 heavy (non-hydrogen) atoms. The van der Waals surface area contributed by atoms with Crippen LogP contribution in [0.3, 0.4) is 0 Å². The van der Waals surface area contributed by atoms with Crippen LogP contribution in [-0.4, -0.2) is 21.1 Å². The second-order valence-corrected chi connectivity index (χ2v) is 4.60. The maximum absolute atomic E-state index is 12.1. The van der Waals surface area contributed by atoms with Crippen LogP contribution in [0.4, 0.5) is 0 Å². The van der Waals surface area contributed by atoms with Crippen molar-refractivity contribution < 1.29 is 9.21 Å². The summed E-state index contributed by atoms with van der Waals surface area (Å²) in [5.74, 6) is 1.11. The Labute approximate surface area is 115 Å². The average Bonchev–Trinajstić information content (AvgIpc) is 3.02. The van der Waals surface area contributed by atoms with Crippen molar-refractivity contribution >= 4 is 16.8 Å². The molecule has 6 heteroatoms. The van der Waals surface area contributed by atoms with Crippen molar-refractivity contribution in [2.45, 2.75) is 20.4 Å². The number of aromatic amines is 1. The van der Waals surface area contributed by atoms with Gasteiger partial charge in [0.2, 0.25) is 5.89 Å². The van der Waals surface area contributed by atoms with E-state index >= 15 is 0 Å². The van der Waals surface area contributed by atoms with Crippen LogP contribution in [0, 0.1) is 13.8 Å². The van der Waals surface area contributed by atoms with E-state index in [0.29, 0.717) is 11.5 Å². The molecule has 0 aliphatic rings. The zero-order valence-electron chi connectivity index (χ0n) is 11.2. The molecule has 3 rings (SSSR count). The molecule has 1 aromatic carbocycles. The first-order valence-electron chi connectivity index (χ1n) is 6.28. The number of hydrogen-bond acceptors (Lipinski definition) is 4. The molecular formula is C14H14N4O2. The number of nitrogens with zero attached hydrogens (tertiary/aromatic N) is 2. The molecule has 6 nitrogen and oxygen atoms in total. The van der Waals surface area contributed by atoms with E-state index in [0.717, 1.165) is 22.4 Å². The van der Waals surface area contributed by atoms with Gasteiger partial charge in [0, 0.05) is 10.9 Å². The largest absolute Gasteiger partial charge is 0.444 e. The second-order valence-electron chi connectivity index (χ2n) is 4.60. The molecule has 0 unspecified atom stereocenters. The van der Waals surface area contributed by atoms with E-state index in [9.17, 15) is 4.79 Å². The number of carbonyl (C=O) groups excluding carboxylic acids is 1. The molecule has 0 fully saturated rings. The number of rotatable bonds is 3. The Balaban J connectivity index is 1.72. The monoisotopic (exact) mass is 270 g/mol. The van der Waals surface area contributed by atoms with Gasteiger partial charge >= 0.3 is 0 Å². The highest BCUT2D eigenvalue weighted by molar-refractivity contribution is 5.97. The number of aryl methyl sites for hydroxylation is 2. The molecule has 3 aromatic rings. The van der Waals surface area contributed by atoms with Gasteiger partial charge in [0.25, 0.3) is 5.91 Å². The van der Waals surface area contributed by atoms with Crippen molar-refractivity contribution in [2.24, 2.45) is 0 Å². The SMILES string of the molecule is Cc1nc(CNC(=O)c2ccc3cn[nH]c3c2)oc1C. The maximum atomic E-state index is 12.1. The zero-order chi connectivity index (χ0) is 14.1. The molecule has 0 bridgehead atoms. The number of oxazole rings is 1. The minimum Gasteiger partial charge on any atom is -0.444 e. The maximum Gasteiger partial charge on any atom is 0.251 e. The van der Waals surface area contributed by atoms with Crippen LogP contribution in [0.5, 0.6) is 0 Å². The lowest BCUT2D eigenvalue weighted by atomic mass is 10.1. The summed E-state index contributed by atoms with van der Waals surface area (Å²) >= 11 is 0. The average molecular weight is 270 g/mol. The summed E-state index contributed by atoms with van der Waals surface area (Å²) in [4.78, 5) is 16.3. The lowest BCUT2D eigenvalue weighted by molar-refractivity contribution is 0.0947. The highest BCUT2D eigenvalue weighted by Crippen LogP contribution is 2.13. The summed E-state index contributed by atoms with van der Waals surface area (Å²) in [5, 5.41) is 10.5. The lowest BCUT2D eigenvalue weighted by Crippen LogP contribution is -2.22. The van der Waals surface area contributed by atoms with Crippen LogP contribution in [0.25, 0.3) is 10.9 Å². The topological polar surface area (TPSA) is 83.8 Å². The molecule has 2 aromatic heterocycles. The van der Waals surface area contributed by atoms with Crippen molar-refractivity contribution in [3.8, 4) is 0 Å². The van der Waals surface area contributed by atoms with Gasteiger partial charge in [-0.2, -0.15) is 5.10 Å². The van der Waals surface area contributed by atoms with Gasteiger partial charge in [-0.1, -0.05) is 6.07 Å². The molecule has 1 amide bonds. The summed E-state index contributed by atoms with van der Waals surface area (Å²) < 4.78 is 5.42. The predicted molar refractivity (Wildman–Crippen MR) is 73.2 cm³/mol. The third kappa shape index (κ3) is 2.27. The Hall–Kier alpha value is -2.63. The van der Waals surface area contributed by atoms with Gasteiger partial charge in [-0.05, 0) is 26.0 Å². The Kier molecular flexibility index (Phi) is 2.98. The van der Waals surface area contributed by atoms with Gasteiger partial charge in [0.05, 0.1) is 24.0 Å². The quantitative estimate of drug-likeness (QED) is 0.763. The van der Waals surface area contributed by atoms with Gasteiger partial charge in [-0.15, -0.1) is 0 Å². The zero-order valence-corrected chi connectivity index (χ0v) is 11.2. The van der Waals surface area contributed by atoms with E-state index < -0.39 is 0 Å². The van der Waals surface area contributed by atoms with Gasteiger partial charge in [0.1, 0.15) is 5.76 Å². The molecule has 102 valence electrons. The normalized spacial score (nSPS) is 10.9. The van der Waals surface area contributed by atoms with Crippen molar-refractivity contribution in [3.05, 3.63) is 47.3 Å². The molecule has 0 aliphatic carbocycles. The first-order valence-corrected chi connectivity index (χ1v) is 6.28. The van der Waals surface area contributed by atoms with E-state index in [1.165, 1.54) is 0 Å². The second kappa shape index (κ2) is 4.80. The third-order valence-electron chi connectivity index (χ3n) is 3.18. The Morgan fingerprint density at radius 2 is 2.25 bits per heavy atom. The van der Waals surface area contributed by atoms with E-state index in [-0.39, 0.29) is 12.5 Å². The molecule has 0 aliphatic heterocycles. The molecule has 2 N–H and O–H groups in total. The third-order valence-corrected chi connectivity index (χ3v) is 3.18. The standard InChI is InChI=1S/C14H14N4O2/c1-8-9(2)20-13(17-8)7-15-14(19)10-3-4-11-6-16-18-12(11)5-10/h3-6H,7H2,1-2H3,(H,15,19)(H,16,18). The highest BCUT2D eigenvalue weighted by atomic mass is 16.4. The van der Waals surface area contributed by atoms with E-state index in [4.69, 9.17) is 4.42 Å². The number of amides is 1. The molecule has 0 radical (unpaired) electrons. The Morgan fingerprint density at radius 3 is 3.00 bits per heavy atom. The van der Waals surface area contributed by atoms with E-state index in [2.05, 4.69) is 20.5 Å². The lowest BCUT2D eigenvalue weighted by Gasteiger charge is -2.02. The van der Waals surface area contributed by atoms with Crippen molar-refractivity contribution in [1.29, 1.82) is 0 Å². The van der Waals surface area contributed by atoms with Crippen molar-refractivity contribution in [1.82, 2.24) is 20.5 Å². The van der Waals surface area contributed by atoms with Crippen LogP contribution >= 0.6 is 0 Å². The number of carbonyl (C=O) groups is 1. The van der Waals surface area contributed by atoms with Crippen LogP contribution < -0.4 is 5.32 Å². The number of benzene rings is 1. The summed E-state index contributed by atoms with van der Waals surface area (Å²) in [6, 6.07) is 5.39. The first kappa shape index (κ1) is 12.4. The number of fused-ring (bicyclic) bond motifs is 1. The van der Waals surface area contributed by atoms with Gasteiger partial charge in [-0.3, -0.25) is 9.89 Å². The number of H-pyrrole nitrogens is 1. The number of hydrogen-bond donors (Lipinski definition) is 2. The molecule has 2 heterocycles. The summed E-state index contributed by atoms with van der Waals surface area (Å²) in [7, 11) is 0. The minimum absolute atomic E-state index is 0.171. The Bertz CT molecular complexity index is 753. The summed E-state index contributed by atoms with van der Waals surface area (Å²) in [5.41, 5.74) is 2.25. The van der Waals surface area contributed by atoms with Gasteiger partial charge < -0.3 is 9.73 Å². The fourth-order valence-electron chi connectivity index (χ4n) is 1.95. The number of aromatic nitrogens is 3. The first-order chi connectivity index (χ1) is 9.63. The fourth-order valence-corrected chi connectivity index (χ4v) is 1.95. The van der Waals surface area contributed by atoms with Gasteiger partial charge in [-0.25, -0.2) is 4.98 Å². The van der Waals surface area contributed by atoms with Crippen molar-refractivity contribution in [3.63, 3.8) is 0 Å². The summed E-state index contributed by atoms with van der Waals surface area (Å²) in [6.45, 7) is 3.99. The van der Waals surface area contributed by atoms with Crippen LogP contribution in [0.1, 0.15) is 27.7 Å². The molecule has 0 atom stereocenters. The molecule has 0 saturated carbocycles. The smallest absolute Gasteiger partial charge is 0.251 e. The molecule has 0 saturated heterocycles. The highest BCUT2D eigenvalue weighted by Gasteiger charge is 2.10. The number of nitrogens with one attached hydrogen (secondary N) is 2. The molecule has 0 spiro atoms.